The Kier molecular flexibility index (Phi) is 4.25. The van der Waals surface area contributed by atoms with Crippen molar-refractivity contribution in [1.82, 2.24) is 24.6 Å². The number of pyridine rings is 1. The minimum absolute atomic E-state index is 0.181. The number of carbonyl (C=O) groups excluding carboxylic acids is 2. The lowest BCUT2D eigenvalue weighted by Crippen LogP contribution is -2.37. The topological polar surface area (TPSA) is 102 Å². The van der Waals surface area contributed by atoms with E-state index in [0.29, 0.717) is 17.2 Å². The zero-order valence-electron chi connectivity index (χ0n) is 14.3. The molecule has 0 saturated heterocycles. The molecule has 2 aromatic heterocycles. The number of amides is 2. The molecule has 0 saturated carbocycles. The zero-order valence-corrected chi connectivity index (χ0v) is 14.3. The summed E-state index contributed by atoms with van der Waals surface area (Å²) in [7, 11) is 0. The van der Waals surface area contributed by atoms with Crippen molar-refractivity contribution in [3.63, 3.8) is 0 Å². The Labute approximate surface area is 153 Å². The fourth-order valence-corrected chi connectivity index (χ4v) is 2.87. The van der Waals surface area contributed by atoms with Gasteiger partial charge in [-0.25, -0.2) is 14.3 Å². The quantitative estimate of drug-likeness (QED) is 0.720. The summed E-state index contributed by atoms with van der Waals surface area (Å²) >= 11 is 0. The summed E-state index contributed by atoms with van der Waals surface area (Å²) in [5.41, 5.74) is 0.771. The molecule has 0 aliphatic carbocycles. The molecule has 1 aliphatic rings. The molecule has 136 valence electrons. The van der Waals surface area contributed by atoms with E-state index in [2.05, 4.69) is 15.4 Å². The van der Waals surface area contributed by atoms with Gasteiger partial charge in [0.1, 0.15) is 6.54 Å². The SMILES string of the molecule is O=C(Cn1nc2n(c1=O)C(=O)N(c1ccccc1)C2)NCc1ccccn1. The highest BCUT2D eigenvalue weighted by Crippen LogP contribution is 2.21. The van der Waals surface area contributed by atoms with E-state index in [1.165, 1.54) is 4.90 Å². The van der Waals surface area contributed by atoms with Crippen molar-refractivity contribution in [2.75, 3.05) is 4.90 Å². The Bertz CT molecular complexity index is 1040. The number of nitrogens with zero attached hydrogens (tertiary/aromatic N) is 5. The van der Waals surface area contributed by atoms with E-state index in [1.807, 2.05) is 24.3 Å². The maximum absolute atomic E-state index is 12.6. The molecule has 9 nitrogen and oxygen atoms in total. The number of aromatic nitrogens is 4. The summed E-state index contributed by atoms with van der Waals surface area (Å²) in [5, 5.41) is 6.82. The Morgan fingerprint density at radius 3 is 2.56 bits per heavy atom. The van der Waals surface area contributed by atoms with Gasteiger partial charge in [-0.3, -0.25) is 14.7 Å². The molecular formula is C18H16N6O3. The molecule has 1 aromatic carbocycles. The second-order valence-corrected chi connectivity index (χ2v) is 5.99. The van der Waals surface area contributed by atoms with E-state index < -0.39 is 11.7 Å². The summed E-state index contributed by atoms with van der Waals surface area (Å²) in [6, 6.07) is 14.0. The average Bonchev–Trinajstić information content (AvgIpc) is 3.18. The van der Waals surface area contributed by atoms with Crippen molar-refractivity contribution >= 4 is 17.6 Å². The van der Waals surface area contributed by atoms with Crippen molar-refractivity contribution < 1.29 is 9.59 Å². The highest BCUT2D eigenvalue weighted by molar-refractivity contribution is 5.96. The third kappa shape index (κ3) is 3.22. The molecular weight excluding hydrogens is 348 g/mol. The van der Waals surface area contributed by atoms with Crippen LogP contribution in [0.4, 0.5) is 10.5 Å². The smallest absolute Gasteiger partial charge is 0.349 e. The van der Waals surface area contributed by atoms with Crippen LogP contribution >= 0.6 is 0 Å². The van der Waals surface area contributed by atoms with Crippen LogP contribution < -0.4 is 15.9 Å². The highest BCUT2D eigenvalue weighted by atomic mass is 16.2. The number of para-hydroxylation sites is 1. The molecule has 0 unspecified atom stereocenters. The predicted octanol–water partition coefficient (Wildman–Crippen LogP) is 0.744. The molecule has 4 rings (SSSR count). The van der Waals surface area contributed by atoms with Gasteiger partial charge in [-0.1, -0.05) is 24.3 Å². The molecule has 0 radical (unpaired) electrons. The molecule has 9 heteroatoms. The van der Waals surface area contributed by atoms with E-state index in [-0.39, 0.29) is 25.5 Å². The van der Waals surface area contributed by atoms with Crippen LogP contribution in [0.1, 0.15) is 11.5 Å². The molecule has 1 aliphatic heterocycles. The van der Waals surface area contributed by atoms with Gasteiger partial charge >= 0.3 is 11.7 Å². The standard InChI is InChI=1S/C18H16N6O3/c25-16(20-10-13-6-4-5-9-19-13)12-23-18(27)24-15(21-23)11-22(17(24)26)14-7-2-1-3-8-14/h1-9H,10-12H2,(H,20,25). The van der Waals surface area contributed by atoms with Crippen LogP contribution in [0.25, 0.3) is 0 Å². The lowest BCUT2D eigenvalue weighted by Gasteiger charge is -2.14. The third-order valence-corrected chi connectivity index (χ3v) is 4.18. The predicted molar refractivity (Wildman–Crippen MR) is 96.0 cm³/mol. The van der Waals surface area contributed by atoms with Gasteiger partial charge in [0, 0.05) is 11.9 Å². The summed E-state index contributed by atoms with van der Waals surface area (Å²) in [6.45, 7) is 0.174. The summed E-state index contributed by atoms with van der Waals surface area (Å²) in [5.74, 6) is -0.0710. The van der Waals surface area contributed by atoms with Crippen LogP contribution in [0.5, 0.6) is 0 Å². The van der Waals surface area contributed by atoms with E-state index in [9.17, 15) is 14.4 Å². The van der Waals surface area contributed by atoms with Crippen LogP contribution in [0.15, 0.2) is 59.5 Å². The Hall–Kier alpha value is -3.75. The van der Waals surface area contributed by atoms with Crippen LogP contribution in [0.2, 0.25) is 0 Å². The maximum Gasteiger partial charge on any atom is 0.354 e. The number of fused-ring (bicyclic) bond motifs is 1. The minimum Gasteiger partial charge on any atom is -0.349 e. The largest absolute Gasteiger partial charge is 0.354 e. The van der Waals surface area contributed by atoms with Gasteiger partial charge in [-0.05, 0) is 24.3 Å². The first-order chi connectivity index (χ1) is 13.1. The van der Waals surface area contributed by atoms with Gasteiger partial charge in [0.25, 0.3) is 0 Å². The molecule has 0 fully saturated rings. The minimum atomic E-state index is -0.624. The summed E-state index contributed by atoms with van der Waals surface area (Å²) in [6.07, 6.45) is 1.63. The van der Waals surface area contributed by atoms with Gasteiger partial charge in [0.05, 0.1) is 18.8 Å². The first-order valence-electron chi connectivity index (χ1n) is 8.36. The van der Waals surface area contributed by atoms with Crippen molar-refractivity contribution in [2.24, 2.45) is 0 Å². The van der Waals surface area contributed by atoms with Crippen LogP contribution in [-0.2, 0) is 24.4 Å². The van der Waals surface area contributed by atoms with E-state index in [1.54, 1.807) is 30.5 Å². The van der Waals surface area contributed by atoms with Gasteiger partial charge in [0.2, 0.25) is 5.91 Å². The molecule has 1 N–H and O–H groups in total. The second kappa shape index (κ2) is 6.87. The number of rotatable bonds is 5. The van der Waals surface area contributed by atoms with E-state index in [4.69, 9.17) is 0 Å². The van der Waals surface area contributed by atoms with Crippen molar-refractivity contribution in [2.45, 2.75) is 19.6 Å². The number of carbonyl (C=O) groups is 2. The van der Waals surface area contributed by atoms with Crippen molar-refractivity contribution in [3.05, 3.63) is 76.7 Å². The Morgan fingerprint density at radius 1 is 1.07 bits per heavy atom. The monoisotopic (exact) mass is 364 g/mol. The maximum atomic E-state index is 12.6. The number of nitrogens with one attached hydrogen (secondary N) is 1. The highest BCUT2D eigenvalue weighted by Gasteiger charge is 2.33. The third-order valence-electron chi connectivity index (χ3n) is 4.18. The molecule has 3 aromatic rings. The Balaban J connectivity index is 1.45. The molecule has 3 heterocycles. The summed E-state index contributed by atoms with van der Waals surface area (Å²) in [4.78, 5) is 42.7. The second-order valence-electron chi connectivity index (χ2n) is 5.99. The lowest BCUT2D eigenvalue weighted by molar-refractivity contribution is -0.122. The zero-order chi connectivity index (χ0) is 18.8. The van der Waals surface area contributed by atoms with E-state index >= 15 is 0 Å². The number of anilines is 1. The van der Waals surface area contributed by atoms with Crippen molar-refractivity contribution in [3.8, 4) is 0 Å². The van der Waals surface area contributed by atoms with Crippen LogP contribution in [-0.4, -0.2) is 31.3 Å². The van der Waals surface area contributed by atoms with Crippen LogP contribution in [0, 0.1) is 0 Å². The normalized spacial score (nSPS) is 12.9. The summed E-state index contributed by atoms with van der Waals surface area (Å²) < 4.78 is 2.00. The van der Waals surface area contributed by atoms with Gasteiger partial charge in [0.15, 0.2) is 5.82 Å². The number of hydrogen-bond acceptors (Lipinski definition) is 5. The molecule has 0 spiro atoms. The fraction of sp³-hybridized carbons (Fsp3) is 0.167. The number of hydrogen-bond donors (Lipinski definition) is 1. The molecule has 2 amide bonds. The lowest BCUT2D eigenvalue weighted by atomic mass is 10.3. The first kappa shape index (κ1) is 16.7. The molecule has 27 heavy (non-hydrogen) atoms. The molecule has 0 bridgehead atoms. The van der Waals surface area contributed by atoms with E-state index in [0.717, 1.165) is 9.25 Å². The Morgan fingerprint density at radius 2 is 1.85 bits per heavy atom. The first-order valence-corrected chi connectivity index (χ1v) is 8.36. The molecule has 0 atom stereocenters. The van der Waals surface area contributed by atoms with Gasteiger partial charge < -0.3 is 5.32 Å². The average molecular weight is 364 g/mol. The number of benzene rings is 1. The van der Waals surface area contributed by atoms with Gasteiger partial charge in [-0.2, -0.15) is 9.67 Å². The van der Waals surface area contributed by atoms with Gasteiger partial charge in [-0.15, -0.1) is 0 Å². The van der Waals surface area contributed by atoms with Crippen molar-refractivity contribution in [1.29, 1.82) is 0 Å². The van der Waals surface area contributed by atoms with Crippen LogP contribution in [0.3, 0.4) is 0 Å². The fourth-order valence-electron chi connectivity index (χ4n) is 2.87.